The molecule has 156 valence electrons. The van der Waals surface area contributed by atoms with Crippen LogP contribution in [0, 0.1) is 0 Å². The molecule has 2 aliphatic rings. The highest BCUT2D eigenvalue weighted by molar-refractivity contribution is 5.77. The molecule has 1 unspecified atom stereocenters. The number of methoxy groups -OCH3 is 2. The number of hydrogen-bond donors (Lipinski definition) is 0. The molecule has 1 aromatic carbocycles. The fraction of sp³-hybridized carbons (Fsp3) is 0.696. The minimum absolute atomic E-state index is 0.314. The van der Waals surface area contributed by atoms with Gasteiger partial charge in [0.2, 0.25) is 5.91 Å². The Morgan fingerprint density at radius 1 is 1.00 bits per heavy atom. The first kappa shape index (κ1) is 21.1. The summed E-state index contributed by atoms with van der Waals surface area (Å²) in [5.41, 5.74) is 1.20. The Balaban J connectivity index is 1.54. The normalized spacial score (nSPS) is 22.1. The molecule has 1 aromatic rings. The molecule has 0 bridgehead atoms. The van der Waals surface area contributed by atoms with Crippen LogP contribution in [0.2, 0.25) is 0 Å². The van der Waals surface area contributed by atoms with E-state index in [-0.39, 0.29) is 0 Å². The summed E-state index contributed by atoms with van der Waals surface area (Å²) in [7, 11) is 3.49. The van der Waals surface area contributed by atoms with Crippen molar-refractivity contribution in [1.82, 2.24) is 9.80 Å². The predicted molar refractivity (Wildman–Crippen MR) is 112 cm³/mol. The standard InChI is InChI=1S/C23H36N2O3/c1-27-21-10-7-19(8-11-21)9-12-23(26)25-15-5-3-4-6-20(25)18-24-16-13-22(28-2)14-17-24/h7-8,10-11,20,22H,3-6,9,12-18H2,1-2H3. The van der Waals surface area contributed by atoms with Gasteiger partial charge in [0.15, 0.2) is 0 Å². The van der Waals surface area contributed by atoms with Gasteiger partial charge in [0.05, 0.1) is 13.2 Å². The highest BCUT2D eigenvalue weighted by atomic mass is 16.5. The van der Waals surface area contributed by atoms with Crippen molar-refractivity contribution < 1.29 is 14.3 Å². The van der Waals surface area contributed by atoms with Crippen molar-refractivity contribution >= 4 is 5.91 Å². The fourth-order valence-electron chi connectivity index (χ4n) is 4.51. The number of carbonyl (C=O) groups is 1. The van der Waals surface area contributed by atoms with Gasteiger partial charge in [-0.1, -0.05) is 25.0 Å². The number of aryl methyl sites for hydroxylation is 1. The average Bonchev–Trinajstić information content (AvgIpc) is 2.98. The van der Waals surface area contributed by atoms with E-state index < -0.39 is 0 Å². The van der Waals surface area contributed by atoms with Crippen LogP contribution >= 0.6 is 0 Å². The van der Waals surface area contributed by atoms with E-state index in [1.54, 1.807) is 7.11 Å². The summed E-state index contributed by atoms with van der Waals surface area (Å²) in [5.74, 6) is 1.18. The molecule has 5 nitrogen and oxygen atoms in total. The lowest BCUT2D eigenvalue weighted by Crippen LogP contribution is -2.49. The Labute approximate surface area is 170 Å². The van der Waals surface area contributed by atoms with Crippen molar-refractivity contribution in [2.24, 2.45) is 0 Å². The molecule has 1 atom stereocenters. The molecular formula is C23H36N2O3. The fourth-order valence-corrected chi connectivity index (χ4v) is 4.51. The topological polar surface area (TPSA) is 42.0 Å². The third kappa shape index (κ3) is 5.95. The second kappa shape index (κ2) is 10.8. The van der Waals surface area contributed by atoms with Crippen molar-refractivity contribution in [2.45, 2.75) is 63.5 Å². The Bertz CT molecular complexity index is 596. The number of carbonyl (C=O) groups excluding carboxylic acids is 1. The van der Waals surface area contributed by atoms with Crippen LogP contribution in [-0.2, 0) is 16.0 Å². The van der Waals surface area contributed by atoms with Gasteiger partial charge in [-0.05, 0) is 49.8 Å². The summed E-state index contributed by atoms with van der Waals surface area (Å²) in [6.07, 6.45) is 8.76. The summed E-state index contributed by atoms with van der Waals surface area (Å²) in [5, 5.41) is 0. The molecule has 0 N–H and O–H groups in total. The molecule has 0 saturated carbocycles. The quantitative estimate of drug-likeness (QED) is 0.717. The molecule has 0 radical (unpaired) electrons. The van der Waals surface area contributed by atoms with Crippen LogP contribution in [0.15, 0.2) is 24.3 Å². The number of hydrogen-bond acceptors (Lipinski definition) is 4. The van der Waals surface area contributed by atoms with Crippen LogP contribution in [0.25, 0.3) is 0 Å². The first-order valence-electron chi connectivity index (χ1n) is 10.9. The maximum atomic E-state index is 13.1. The maximum absolute atomic E-state index is 13.1. The zero-order valence-electron chi connectivity index (χ0n) is 17.6. The van der Waals surface area contributed by atoms with Crippen LogP contribution in [0.1, 0.15) is 50.5 Å². The van der Waals surface area contributed by atoms with Gasteiger partial charge in [0.25, 0.3) is 0 Å². The lowest BCUT2D eigenvalue weighted by molar-refractivity contribution is -0.134. The van der Waals surface area contributed by atoms with Crippen molar-refractivity contribution in [1.29, 1.82) is 0 Å². The van der Waals surface area contributed by atoms with E-state index >= 15 is 0 Å². The number of rotatable bonds is 7. The summed E-state index contributed by atoms with van der Waals surface area (Å²) in [4.78, 5) is 17.8. The van der Waals surface area contributed by atoms with E-state index in [0.717, 1.165) is 64.0 Å². The zero-order valence-corrected chi connectivity index (χ0v) is 17.6. The van der Waals surface area contributed by atoms with Crippen molar-refractivity contribution in [3.8, 4) is 5.75 Å². The molecule has 2 aliphatic heterocycles. The van der Waals surface area contributed by atoms with E-state index in [0.29, 0.717) is 24.5 Å². The molecule has 0 spiro atoms. The maximum Gasteiger partial charge on any atom is 0.223 e. The van der Waals surface area contributed by atoms with E-state index in [2.05, 4.69) is 21.9 Å². The van der Waals surface area contributed by atoms with Gasteiger partial charge in [0.1, 0.15) is 5.75 Å². The SMILES string of the molecule is COc1ccc(CCC(=O)N2CCCCCC2CN2CCC(OC)CC2)cc1. The number of nitrogens with zero attached hydrogens (tertiary/aromatic N) is 2. The molecular weight excluding hydrogens is 352 g/mol. The predicted octanol–water partition coefficient (Wildman–Crippen LogP) is 3.51. The minimum Gasteiger partial charge on any atom is -0.497 e. The first-order chi connectivity index (χ1) is 13.7. The van der Waals surface area contributed by atoms with Gasteiger partial charge in [-0.25, -0.2) is 0 Å². The Morgan fingerprint density at radius 3 is 2.43 bits per heavy atom. The zero-order chi connectivity index (χ0) is 19.8. The number of likely N-dealkylation sites (tertiary alicyclic amines) is 2. The smallest absolute Gasteiger partial charge is 0.223 e. The van der Waals surface area contributed by atoms with Crippen LogP contribution < -0.4 is 4.74 Å². The number of piperidine rings is 1. The van der Waals surface area contributed by atoms with Crippen LogP contribution in [0.3, 0.4) is 0 Å². The number of ether oxygens (including phenoxy) is 2. The second-order valence-electron chi connectivity index (χ2n) is 8.17. The van der Waals surface area contributed by atoms with E-state index in [1.165, 1.54) is 18.4 Å². The second-order valence-corrected chi connectivity index (χ2v) is 8.17. The molecule has 0 aliphatic carbocycles. The summed E-state index contributed by atoms with van der Waals surface area (Å²) in [6, 6.07) is 8.43. The van der Waals surface area contributed by atoms with Crippen molar-refractivity contribution in [2.75, 3.05) is 40.4 Å². The van der Waals surface area contributed by atoms with Gasteiger partial charge in [0, 0.05) is 45.8 Å². The van der Waals surface area contributed by atoms with Crippen LogP contribution in [0.5, 0.6) is 5.75 Å². The Morgan fingerprint density at radius 2 is 1.75 bits per heavy atom. The third-order valence-corrected chi connectivity index (χ3v) is 6.32. The molecule has 2 heterocycles. The van der Waals surface area contributed by atoms with Crippen molar-refractivity contribution in [3.63, 3.8) is 0 Å². The molecule has 28 heavy (non-hydrogen) atoms. The third-order valence-electron chi connectivity index (χ3n) is 6.32. The highest BCUT2D eigenvalue weighted by Gasteiger charge is 2.28. The lowest BCUT2D eigenvalue weighted by Gasteiger charge is -2.37. The molecule has 2 fully saturated rings. The van der Waals surface area contributed by atoms with Gasteiger partial charge < -0.3 is 19.3 Å². The first-order valence-corrected chi connectivity index (χ1v) is 10.9. The minimum atomic E-state index is 0.314. The summed E-state index contributed by atoms with van der Waals surface area (Å²) >= 11 is 0. The Hall–Kier alpha value is -1.59. The summed E-state index contributed by atoms with van der Waals surface area (Å²) in [6.45, 7) is 4.11. The number of benzene rings is 1. The average molecular weight is 389 g/mol. The number of amides is 1. The lowest BCUT2D eigenvalue weighted by atomic mass is 10.0. The monoisotopic (exact) mass is 388 g/mol. The molecule has 2 saturated heterocycles. The molecule has 1 amide bonds. The van der Waals surface area contributed by atoms with E-state index in [4.69, 9.17) is 9.47 Å². The van der Waals surface area contributed by atoms with Crippen molar-refractivity contribution in [3.05, 3.63) is 29.8 Å². The molecule has 0 aromatic heterocycles. The summed E-state index contributed by atoms with van der Waals surface area (Å²) < 4.78 is 10.7. The molecule has 3 rings (SSSR count). The van der Waals surface area contributed by atoms with E-state index in [1.807, 2.05) is 19.2 Å². The Kier molecular flexibility index (Phi) is 8.16. The van der Waals surface area contributed by atoms with E-state index in [9.17, 15) is 4.79 Å². The van der Waals surface area contributed by atoms with Crippen LogP contribution in [0.4, 0.5) is 0 Å². The van der Waals surface area contributed by atoms with Gasteiger partial charge in [-0.3, -0.25) is 4.79 Å². The van der Waals surface area contributed by atoms with Gasteiger partial charge in [-0.15, -0.1) is 0 Å². The highest BCUT2D eigenvalue weighted by Crippen LogP contribution is 2.22. The molecule has 5 heteroatoms. The largest absolute Gasteiger partial charge is 0.497 e. The van der Waals surface area contributed by atoms with Crippen LogP contribution in [-0.4, -0.2) is 68.3 Å². The van der Waals surface area contributed by atoms with Gasteiger partial charge in [-0.2, -0.15) is 0 Å². The van der Waals surface area contributed by atoms with Gasteiger partial charge >= 0.3 is 0 Å².